The summed E-state index contributed by atoms with van der Waals surface area (Å²) in [4.78, 5) is 0. The summed E-state index contributed by atoms with van der Waals surface area (Å²) in [5, 5.41) is 0. The Hall–Kier alpha value is 1.64. The van der Waals surface area contributed by atoms with E-state index in [9.17, 15) is 0 Å². The third-order valence-corrected chi connectivity index (χ3v) is 7.93. The largest absolute Gasteiger partial charge is 0.400 e. The van der Waals surface area contributed by atoms with Crippen molar-refractivity contribution in [2.45, 2.75) is 32.7 Å². The lowest BCUT2D eigenvalue weighted by Crippen LogP contribution is -2.21. The van der Waals surface area contributed by atoms with Crippen LogP contribution in [-0.4, -0.2) is 9.92 Å². The SMILES string of the molecule is CCCC[Si](I)(I)OCC. The second kappa shape index (κ2) is 6.19. The zero-order valence-corrected chi connectivity index (χ0v) is 11.8. The van der Waals surface area contributed by atoms with Gasteiger partial charge in [0.25, 0.3) is 0 Å². The summed E-state index contributed by atoms with van der Waals surface area (Å²) in [5.74, 6) is 0. The first-order valence-corrected chi connectivity index (χ1v) is 12.0. The first kappa shape index (κ1) is 11.6. The highest BCUT2D eigenvalue weighted by Crippen LogP contribution is 2.29. The van der Waals surface area contributed by atoms with E-state index >= 15 is 0 Å². The highest BCUT2D eigenvalue weighted by atomic mass is 127. The molecular formula is C6H14I2OSi. The van der Waals surface area contributed by atoms with E-state index in [4.69, 9.17) is 4.43 Å². The third-order valence-electron chi connectivity index (χ3n) is 1.18. The van der Waals surface area contributed by atoms with Gasteiger partial charge in [0.1, 0.15) is 0 Å². The van der Waals surface area contributed by atoms with Gasteiger partial charge in [0.05, 0.1) is 0 Å². The second-order valence-corrected chi connectivity index (χ2v) is 20.9. The molecule has 0 aliphatic rings. The van der Waals surface area contributed by atoms with Gasteiger partial charge >= 0.3 is 3.31 Å². The van der Waals surface area contributed by atoms with Crippen LogP contribution >= 0.6 is 43.6 Å². The van der Waals surface area contributed by atoms with Crippen molar-refractivity contribution < 1.29 is 4.43 Å². The molecule has 62 valence electrons. The average molecular weight is 384 g/mol. The van der Waals surface area contributed by atoms with E-state index in [0.717, 1.165) is 6.61 Å². The summed E-state index contributed by atoms with van der Waals surface area (Å²) >= 11 is 5.00. The smallest absolute Gasteiger partial charge is 0.325 e. The Kier molecular flexibility index (Phi) is 7.20. The molecule has 0 N–H and O–H groups in total. The van der Waals surface area contributed by atoms with Crippen LogP contribution in [-0.2, 0) is 4.43 Å². The Labute approximate surface area is 89.9 Å². The van der Waals surface area contributed by atoms with Crippen LogP contribution in [0.5, 0.6) is 0 Å². The molecule has 0 bridgehead atoms. The molecule has 4 heteroatoms. The molecule has 0 saturated heterocycles. The van der Waals surface area contributed by atoms with E-state index in [1.807, 2.05) is 0 Å². The van der Waals surface area contributed by atoms with Crippen LogP contribution in [0.4, 0.5) is 0 Å². The summed E-state index contributed by atoms with van der Waals surface area (Å²) in [6.45, 7) is 5.18. The van der Waals surface area contributed by atoms with Gasteiger partial charge < -0.3 is 4.43 Å². The summed E-state index contributed by atoms with van der Waals surface area (Å²) in [7, 11) is 0. The van der Waals surface area contributed by atoms with Crippen molar-refractivity contribution in [3.8, 4) is 0 Å². The van der Waals surface area contributed by atoms with Gasteiger partial charge in [-0.05, 0) is 13.0 Å². The first-order chi connectivity index (χ1) is 4.62. The minimum atomic E-state index is -1.28. The quantitative estimate of drug-likeness (QED) is 0.400. The number of rotatable bonds is 5. The van der Waals surface area contributed by atoms with Gasteiger partial charge in [0.2, 0.25) is 0 Å². The van der Waals surface area contributed by atoms with Crippen molar-refractivity contribution in [2.24, 2.45) is 0 Å². The Morgan fingerprint density at radius 3 is 2.30 bits per heavy atom. The molecule has 0 aromatic rings. The van der Waals surface area contributed by atoms with Gasteiger partial charge in [-0.2, -0.15) is 0 Å². The lowest BCUT2D eigenvalue weighted by Gasteiger charge is -2.16. The van der Waals surface area contributed by atoms with Gasteiger partial charge in [0, 0.05) is 6.61 Å². The molecule has 0 aliphatic carbocycles. The van der Waals surface area contributed by atoms with Gasteiger partial charge in [-0.25, -0.2) is 0 Å². The molecule has 0 rings (SSSR count). The maximum absolute atomic E-state index is 5.64. The Morgan fingerprint density at radius 1 is 1.30 bits per heavy atom. The molecule has 0 fully saturated rings. The predicted molar refractivity (Wildman–Crippen MR) is 65.1 cm³/mol. The van der Waals surface area contributed by atoms with Crippen LogP contribution in [0, 0.1) is 0 Å². The van der Waals surface area contributed by atoms with Gasteiger partial charge in [0.15, 0.2) is 0 Å². The molecule has 0 aromatic heterocycles. The fourth-order valence-corrected chi connectivity index (χ4v) is 6.15. The first-order valence-electron chi connectivity index (χ1n) is 3.64. The Balaban J connectivity index is 3.42. The van der Waals surface area contributed by atoms with Crippen molar-refractivity contribution in [3.63, 3.8) is 0 Å². The van der Waals surface area contributed by atoms with Crippen molar-refractivity contribution in [1.82, 2.24) is 0 Å². The maximum Gasteiger partial charge on any atom is 0.325 e. The molecule has 0 aliphatic heterocycles. The molecule has 0 atom stereocenters. The molecule has 0 amide bonds. The van der Waals surface area contributed by atoms with Crippen LogP contribution in [0.1, 0.15) is 26.7 Å². The average Bonchev–Trinajstić information content (AvgIpc) is 1.84. The standard InChI is InChI=1S/C6H14I2OSi/c1-3-5-6-10(7,8)9-4-2/h3-6H2,1-2H3. The van der Waals surface area contributed by atoms with E-state index in [0.29, 0.717) is 0 Å². The molecule has 0 spiro atoms. The monoisotopic (exact) mass is 384 g/mol. The summed E-state index contributed by atoms with van der Waals surface area (Å²) in [6.07, 6.45) is 2.60. The molecule has 0 unspecified atom stereocenters. The highest BCUT2D eigenvalue weighted by molar-refractivity contribution is 14.3. The van der Waals surface area contributed by atoms with Crippen LogP contribution in [0.3, 0.4) is 0 Å². The number of hydrogen-bond donors (Lipinski definition) is 0. The van der Waals surface area contributed by atoms with Gasteiger partial charge in [-0.3, -0.25) is 0 Å². The van der Waals surface area contributed by atoms with Crippen LogP contribution < -0.4 is 0 Å². The molecular weight excluding hydrogens is 370 g/mol. The minimum absolute atomic E-state index is 0.877. The highest BCUT2D eigenvalue weighted by Gasteiger charge is 2.26. The third kappa shape index (κ3) is 6.35. The minimum Gasteiger partial charge on any atom is -0.400 e. The molecule has 0 saturated carbocycles. The fourth-order valence-electron chi connectivity index (χ4n) is 0.666. The molecule has 0 heterocycles. The Bertz CT molecular complexity index is 87.8. The number of hydrogen-bond acceptors (Lipinski definition) is 1. The van der Waals surface area contributed by atoms with E-state index < -0.39 is 3.31 Å². The molecule has 0 aromatic carbocycles. The number of halogens is 2. The van der Waals surface area contributed by atoms with Crippen molar-refractivity contribution in [1.29, 1.82) is 0 Å². The summed E-state index contributed by atoms with van der Waals surface area (Å²) < 4.78 is 4.36. The normalized spacial score (nSPS) is 12.0. The van der Waals surface area contributed by atoms with E-state index in [2.05, 4.69) is 57.4 Å². The summed E-state index contributed by atoms with van der Waals surface area (Å²) in [6, 6.07) is 1.29. The number of unbranched alkanes of at least 4 members (excludes halogenated alkanes) is 1. The summed E-state index contributed by atoms with van der Waals surface area (Å²) in [5.41, 5.74) is 0. The lowest BCUT2D eigenvalue weighted by atomic mass is 10.4. The van der Waals surface area contributed by atoms with Crippen molar-refractivity contribution in [2.75, 3.05) is 6.61 Å². The van der Waals surface area contributed by atoms with Crippen molar-refractivity contribution >= 4 is 46.9 Å². The Morgan fingerprint density at radius 2 is 1.90 bits per heavy atom. The molecule has 1 nitrogen and oxygen atoms in total. The molecule has 10 heavy (non-hydrogen) atoms. The van der Waals surface area contributed by atoms with E-state index in [1.54, 1.807) is 0 Å². The van der Waals surface area contributed by atoms with Crippen LogP contribution in [0.2, 0.25) is 6.04 Å². The topological polar surface area (TPSA) is 9.23 Å². The lowest BCUT2D eigenvalue weighted by molar-refractivity contribution is 0.354. The van der Waals surface area contributed by atoms with E-state index in [-0.39, 0.29) is 0 Å². The van der Waals surface area contributed by atoms with Crippen molar-refractivity contribution in [3.05, 3.63) is 0 Å². The van der Waals surface area contributed by atoms with Gasteiger partial charge in [-0.15, -0.1) is 0 Å². The van der Waals surface area contributed by atoms with Gasteiger partial charge in [-0.1, -0.05) is 63.4 Å². The van der Waals surface area contributed by atoms with E-state index in [1.165, 1.54) is 18.9 Å². The van der Waals surface area contributed by atoms with Crippen LogP contribution in [0.15, 0.2) is 0 Å². The zero-order valence-electron chi connectivity index (χ0n) is 6.49. The second-order valence-electron chi connectivity index (χ2n) is 2.17. The fraction of sp³-hybridized carbons (Fsp3) is 1.00. The zero-order chi connectivity index (χ0) is 8.04. The molecule has 0 radical (unpaired) electrons. The maximum atomic E-state index is 5.64. The van der Waals surface area contributed by atoms with Crippen LogP contribution in [0.25, 0.3) is 0 Å². The predicted octanol–water partition coefficient (Wildman–Crippen LogP) is 3.63.